The lowest BCUT2D eigenvalue weighted by atomic mass is 9.89. The van der Waals surface area contributed by atoms with Gasteiger partial charge in [0.05, 0.1) is 0 Å². The van der Waals surface area contributed by atoms with Gasteiger partial charge in [0.2, 0.25) is 0 Å². The Hall–Kier alpha value is -3.52. The molecule has 0 saturated carbocycles. The highest BCUT2D eigenvalue weighted by Gasteiger charge is 2.42. The summed E-state index contributed by atoms with van der Waals surface area (Å²) in [4.78, 5) is 0. The van der Waals surface area contributed by atoms with E-state index in [1.807, 2.05) is 0 Å². The van der Waals surface area contributed by atoms with E-state index < -0.39 is 5.79 Å². The van der Waals surface area contributed by atoms with Crippen LogP contribution >= 0.6 is 0 Å². The number of fused-ring (bicyclic) bond motifs is 6. The summed E-state index contributed by atoms with van der Waals surface area (Å²) >= 11 is 0. The molecule has 4 aromatic rings. The van der Waals surface area contributed by atoms with E-state index in [1.165, 1.54) is 52.8 Å². The van der Waals surface area contributed by atoms with Gasteiger partial charge >= 0.3 is 0 Å². The van der Waals surface area contributed by atoms with Gasteiger partial charge in [-0.15, -0.1) is 0 Å². The molecule has 1 spiro atoms. The average molecular weight is 447 g/mol. The number of rotatable bonds is 6. The van der Waals surface area contributed by atoms with Crippen LogP contribution in [-0.2, 0) is 0 Å². The Balaban J connectivity index is 1.42. The van der Waals surface area contributed by atoms with Crippen LogP contribution in [0.15, 0.2) is 84.4 Å². The van der Waals surface area contributed by atoms with Gasteiger partial charge in [0.1, 0.15) is 11.5 Å². The third-order valence-electron chi connectivity index (χ3n) is 7.17. The second kappa shape index (κ2) is 8.68. The van der Waals surface area contributed by atoms with Gasteiger partial charge in [-0.25, -0.2) is 0 Å². The van der Waals surface area contributed by atoms with E-state index in [2.05, 4.69) is 97.9 Å². The molecular formula is C32H30O2. The van der Waals surface area contributed by atoms with E-state index in [4.69, 9.17) is 9.47 Å². The van der Waals surface area contributed by atoms with Crippen LogP contribution in [-0.4, -0.2) is 5.79 Å². The highest BCUT2D eigenvalue weighted by molar-refractivity contribution is 5.96. The molecule has 0 fully saturated rings. The van der Waals surface area contributed by atoms with Crippen molar-refractivity contribution in [1.82, 2.24) is 0 Å². The highest BCUT2D eigenvalue weighted by atomic mass is 16.7. The zero-order valence-electron chi connectivity index (χ0n) is 19.7. The van der Waals surface area contributed by atoms with Gasteiger partial charge in [-0.3, -0.25) is 0 Å². The summed E-state index contributed by atoms with van der Waals surface area (Å²) in [5, 5.41) is 4.89. The first-order valence-electron chi connectivity index (χ1n) is 12.6. The minimum atomic E-state index is -0.893. The van der Waals surface area contributed by atoms with E-state index in [0.717, 1.165) is 35.5 Å². The molecule has 2 heterocycles. The van der Waals surface area contributed by atoms with Crippen molar-refractivity contribution in [2.24, 2.45) is 0 Å². The third-order valence-corrected chi connectivity index (χ3v) is 7.17. The van der Waals surface area contributed by atoms with Crippen LogP contribution in [0.1, 0.15) is 56.6 Å². The van der Waals surface area contributed by atoms with Gasteiger partial charge in [-0.1, -0.05) is 93.3 Å². The minimum Gasteiger partial charge on any atom is -0.444 e. The maximum absolute atomic E-state index is 6.75. The van der Waals surface area contributed by atoms with Gasteiger partial charge in [-0.2, -0.15) is 0 Å². The molecule has 0 N–H and O–H groups in total. The average Bonchev–Trinajstić information content (AvgIpc) is 2.88. The monoisotopic (exact) mass is 446 g/mol. The molecule has 0 amide bonds. The largest absolute Gasteiger partial charge is 0.444 e. The fourth-order valence-corrected chi connectivity index (χ4v) is 5.34. The Bertz CT molecular complexity index is 1420. The number of benzene rings is 4. The Morgan fingerprint density at radius 3 is 1.97 bits per heavy atom. The van der Waals surface area contributed by atoms with E-state index in [9.17, 15) is 0 Å². The molecule has 34 heavy (non-hydrogen) atoms. The first-order valence-corrected chi connectivity index (χ1v) is 12.6. The molecule has 6 rings (SSSR count). The van der Waals surface area contributed by atoms with Crippen molar-refractivity contribution >= 4 is 33.7 Å². The van der Waals surface area contributed by atoms with E-state index in [0.29, 0.717) is 0 Å². The molecule has 2 aliphatic heterocycles. The quantitative estimate of drug-likeness (QED) is 0.275. The molecule has 0 bridgehead atoms. The second-order valence-electron chi connectivity index (χ2n) is 9.44. The number of ether oxygens (including phenoxy) is 2. The van der Waals surface area contributed by atoms with Crippen LogP contribution in [0.5, 0.6) is 11.5 Å². The van der Waals surface area contributed by atoms with E-state index in [-0.39, 0.29) is 0 Å². The topological polar surface area (TPSA) is 18.5 Å². The van der Waals surface area contributed by atoms with Gasteiger partial charge < -0.3 is 9.47 Å². The molecule has 0 radical (unpaired) electrons. The molecule has 4 aromatic carbocycles. The predicted molar refractivity (Wildman–Crippen MR) is 142 cm³/mol. The van der Waals surface area contributed by atoms with Crippen molar-refractivity contribution in [2.45, 2.75) is 51.2 Å². The number of hydrogen-bond donors (Lipinski definition) is 0. The molecule has 0 aliphatic carbocycles. The highest BCUT2D eigenvalue weighted by Crippen LogP contribution is 2.46. The lowest BCUT2D eigenvalue weighted by molar-refractivity contribution is -0.0436. The molecule has 1 unspecified atom stereocenters. The standard InChI is InChI=1S/C32H30O2/c1-2-3-4-5-6-13-25-22-29-27-15-10-8-12-24(27)17-19-31(29)34-32(25)21-20-28-26-14-9-7-11-23(26)16-18-30(28)33-32/h7-12,14-22H,2-6,13H2,1H3. The van der Waals surface area contributed by atoms with E-state index >= 15 is 0 Å². The summed E-state index contributed by atoms with van der Waals surface area (Å²) in [6.07, 6.45) is 13.8. The lowest BCUT2D eigenvalue weighted by Gasteiger charge is -2.40. The summed E-state index contributed by atoms with van der Waals surface area (Å²) in [6.45, 7) is 2.26. The molecular weight excluding hydrogens is 416 g/mol. The zero-order valence-corrected chi connectivity index (χ0v) is 19.7. The Labute approximate surface area is 201 Å². The lowest BCUT2D eigenvalue weighted by Crippen LogP contribution is -2.45. The summed E-state index contributed by atoms with van der Waals surface area (Å²) < 4.78 is 13.5. The van der Waals surface area contributed by atoms with Crippen molar-refractivity contribution in [1.29, 1.82) is 0 Å². The first-order chi connectivity index (χ1) is 16.8. The van der Waals surface area contributed by atoms with Crippen LogP contribution in [0.4, 0.5) is 0 Å². The molecule has 0 saturated heterocycles. The van der Waals surface area contributed by atoms with Crippen molar-refractivity contribution in [3.05, 3.63) is 95.6 Å². The molecule has 0 aromatic heterocycles. The first kappa shape index (κ1) is 21.0. The SMILES string of the molecule is CCCCCCCC1=Cc2c(ccc3ccccc23)OC12C=Cc1c(ccc3ccccc13)O2. The Morgan fingerprint density at radius 2 is 1.26 bits per heavy atom. The summed E-state index contributed by atoms with van der Waals surface area (Å²) in [7, 11) is 0. The van der Waals surface area contributed by atoms with Crippen molar-refractivity contribution in [3.8, 4) is 11.5 Å². The number of unbranched alkanes of at least 4 members (excludes halogenated alkanes) is 4. The Morgan fingerprint density at radius 1 is 0.647 bits per heavy atom. The fourth-order valence-electron chi connectivity index (χ4n) is 5.34. The van der Waals surface area contributed by atoms with Crippen LogP contribution in [0.3, 0.4) is 0 Å². The maximum atomic E-state index is 6.75. The summed E-state index contributed by atoms with van der Waals surface area (Å²) in [6, 6.07) is 25.5. The molecule has 2 heteroatoms. The van der Waals surface area contributed by atoms with Gasteiger partial charge in [0, 0.05) is 22.8 Å². The summed E-state index contributed by atoms with van der Waals surface area (Å²) in [5.74, 6) is 0.861. The normalized spacial score (nSPS) is 18.3. The second-order valence-corrected chi connectivity index (χ2v) is 9.44. The summed E-state index contributed by atoms with van der Waals surface area (Å²) in [5.41, 5.74) is 3.48. The van der Waals surface area contributed by atoms with Crippen molar-refractivity contribution < 1.29 is 9.47 Å². The van der Waals surface area contributed by atoms with Gasteiger partial charge in [-0.05, 0) is 58.7 Å². The molecule has 2 aliphatic rings. The van der Waals surface area contributed by atoms with E-state index in [1.54, 1.807) is 0 Å². The predicted octanol–water partition coefficient (Wildman–Crippen LogP) is 8.93. The molecule has 1 atom stereocenters. The zero-order chi connectivity index (χ0) is 23.0. The van der Waals surface area contributed by atoms with Crippen LogP contribution < -0.4 is 9.47 Å². The Kier molecular flexibility index (Phi) is 5.37. The van der Waals surface area contributed by atoms with Crippen LogP contribution in [0, 0.1) is 0 Å². The smallest absolute Gasteiger partial charge is 0.294 e. The molecule has 2 nitrogen and oxygen atoms in total. The fraction of sp³-hybridized carbons (Fsp3) is 0.250. The third kappa shape index (κ3) is 3.58. The van der Waals surface area contributed by atoms with Crippen molar-refractivity contribution in [3.63, 3.8) is 0 Å². The molecule has 170 valence electrons. The van der Waals surface area contributed by atoms with Gasteiger partial charge in [0.25, 0.3) is 5.79 Å². The van der Waals surface area contributed by atoms with Crippen LogP contribution in [0.2, 0.25) is 0 Å². The van der Waals surface area contributed by atoms with Crippen molar-refractivity contribution in [2.75, 3.05) is 0 Å². The van der Waals surface area contributed by atoms with Gasteiger partial charge in [0.15, 0.2) is 0 Å². The maximum Gasteiger partial charge on any atom is 0.294 e. The number of hydrogen-bond acceptors (Lipinski definition) is 2. The van der Waals surface area contributed by atoms with Crippen LogP contribution in [0.25, 0.3) is 33.7 Å². The minimum absolute atomic E-state index is 0.877.